The Hall–Kier alpha value is -0.0800. The lowest BCUT2D eigenvalue weighted by atomic mass is 9.94. The molecule has 2 aliphatic rings. The fraction of sp³-hybridized carbons (Fsp3) is 1.00. The lowest BCUT2D eigenvalue weighted by molar-refractivity contribution is 0.108. The van der Waals surface area contributed by atoms with Gasteiger partial charge in [0.1, 0.15) is 0 Å². The molecule has 0 aromatic heterocycles. The first-order valence-corrected chi connectivity index (χ1v) is 7.12. The molecule has 1 heterocycles. The van der Waals surface area contributed by atoms with Crippen molar-refractivity contribution in [3.05, 3.63) is 0 Å². The summed E-state index contributed by atoms with van der Waals surface area (Å²) in [5.74, 6) is 1.70. The van der Waals surface area contributed by atoms with Gasteiger partial charge in [-0.2, -0.15) is 0 Å². The van der Waals surface area contributed by atoms with Gasteiger partial charge in [-0.15, -0.1) is 0 Å². The van der Waals surface area contributed by atoms with Crippen LogP contribution in [-0.2, 0) is 0 Å². The fourth-order valence-electron chi connectivity index (χ4n) is 2.75. The number of likely N-dealkylation sites (tertiary alicyclic amines) is 1. The Bertz CT molecular complexity index is 213. The highest BCUT2D eigenvalue weighted by atomic mass is 15.2. The first-order chi connectivity index (χ1) is 7.65. The van der Waals surface area contributed by atoms with Crippen LogP contribution in [0, 0.1) is 11.8 Å². The van der Waals surface area contributed by atoms with Crippen LogP contribution in [0.3, 0.4) is 0 Å². The average molecular weight is 224 g/mol. The van der Waals surface area contributed by atoms with E-state index in [4.69, 9.17) is 0 Å². The monoisotopic (exact) mass is 224 g/mol. The van der Waals surface area contributed by atoms with Crippen LogP contribution in [0.5, 0.6) is 0 Å². The second-order valence-corrected chi connectivity index (χ2v) is 6.27. The van der Waals surface area contributed by atoms with E-state index in [0.29, 0.717) is 0 Å². The minimum Gasteiger partial charge on any atom is -0.314 e. The smallest absolute Gasteiger partial charge is 0.00683 e. The molecule has 2 heteroatoms. The number of rotatable bonds is 5. The summed E-state index contributed by atoms with van der Waals surface area (Å²) in [6.45, 7) is 11.0. The molecule has 0 radical (unpaired) electrons. The third-order valence-corrected chi connectivity index (χ3v) is 4.13. The minimum atomic E-state index is 0.799. The molecule has 16 heavy (non-hydrogen) atoms. The summed E-state index contributed by atoms with van der Waals surface area (Å²) in [5.41, 5.74) is 0. The van der Waals surface area contributed by atoms with Gasteiger partial charge in [-0.3, -0.25) is 0 Å². The van der Waals surface area contributed by atoms with Crippen LogP contribution >= 0.6 is 0 Å². The molecule has 0 bridgehead atoms. The maximum atomic E-state index is 3.65. The molecule has 1 aliphatic carbocycles. The van der Waals surface area contributed by atoms with E-state index in [1.165, 1.54) is 45.3 Å². The zero-order valence-electron chi connectivity index (χ0n) is 11.2. The van der Waals surface area contributed by atoms with Crippen molar-refractivity contribution >= 4 is 0 Å². The Morgan fingerprint density at radius 3 is 2.62 bits per heavy atom. The first kappa shape index (κ1) is 12.4. The van der Waals surface area contributed by atoms with Crippen LogP contribution in [0.15, 0.2) is 0 Å². The summed E-state index contributed by atoms with van der Waals surface area (Å²) < 4.78 is 0. The van der Waals surface area contributed by atoms with Gasteiger partial charge < -0.3 is 10.2 Å². The number of nitrogens with one attached hydrogen (secondary N) is 1. The number of hydrogen-bond donors (Lipinski definition) is 1. The van der Waals surface area contributed by atoms with Gasteiger partial charge in [-0.25, -0.2) is 0 Å². The molecule has 0 spiro atoms. The van der Waals surface area contributed by atoms with Crippen molar-refractivity contribution in [2.75, 3.05) is 19.6 Å². The Kier molecular flexibility index (Phi) is 4.26. The highest BCUT2D eigenvalue weighted by Crippen LogP contribution is 2.23. The molecule has 2 rings (SSSR count). The third kappa shape index (κ3) is 3.74. The summed E-state index contributed by atoms with van der Waals surface area (Å²) in [4.78, 5) is 2.70. The van der Waals surface area contributed by atoms with Gasteiger partial charge in [-0.05, 0) is 51.0 Å². The zero-order valence-corrected chi connectivity index (χ0v) is 11.2. The van der Waals surface area contributed by atoms with Crippen LogP contribution in [0.2, 0.25) is 0 Å². The van der Waals surface area contributed by atoms with Gasteiger partial charge in [0.15, 0.2) is 0 Å². The SMILES string of the molecule is CC1CCC(C)N(CC(C)CNC2CC2)C1. The number of nitrogens with zero attached hydrogens (tertiary/aromatic N) is 1. The average Bonchev–Trinajstić information content (AvgIpc) is 3.04. The van der Waals surface area contributed by atoms with E-state index in [0.717, 1.165) is 23.9 Å². The maximum absolute atomic E-state index is 3.65. The molecule has 94 valence electrons. The van der Waals surface area contributed by atoms with Crippen molar-refractivity contribution in [2.24, 2.45) is 11.8 Å². The van der Waals surface area contributed by atoms with E-state index in [9.17, 15) is 0 Å². The Morgan fingerprint density at radius 1 is 1.19 bits per heavy atom. The molecule has 1 N–H and O–H groups in total. The van der Waals surface area contributed by atoms with Gasteiger partial charge in [0.25, 0.3) is 0 Å². The largest absolute Gasteiger partial charge is 0.314 e. The molecule has 3 unspecified atom stereocenters. The topological polar surface area (TPSA) is 15.3 Å². The Morgan fingerprint density at radius 2 is 1.94 bits per heavy atom. The number of hydrogen-bond acceptors (Lipinski definition) is 2. The van der Waals surface area contributed by atoms with Gasteiger partial charge in [0.05, 0.1) is 0 Å². The van der Waals surface area contributed by atoms with Crippen molar-refractivity contribution < 1.29 is 0 Å². The van der Waals surface area contributed by atoms with Gasteiger partial charge in [0, 0.05) is 25.2 Å². The summed E-state index contributed by atoms with van der Waals surface area (Å²) in [5, 5.41) is 3.65. The maximum Gasteiger partial charge on any atom is 0.00683 e. The highest BCUT2D eigenvalue weighted by Gasteiger charge is 2.25. The van der Waals surface area contributed by atoms with Gasteiger partial charge >= 0.3 is 0 Å². The van der Waals surface area contributed by atoms with Crippen molar-refractivity contribution in [2.45, 2.75) is 58.5 Å². The van der Waals surface area contributed by atoms with Crippen molar-refractivity contribution in [1.29, 1.82) is 0 Å². The summed E-state index contributed by atoms with van der Waals surface area (Å²) >= 11 is 0. The summed E-state index contributed by atoms with van der Waals surface area (Å²) in [6.07, 6.45) is 5.63. The van der Waals surface area contributed by atoms with E-state index >= 15 is 0 Å². The van der Waals surface area contributed by atoms with Crippen molar-refractivity contribution in [3.8, 4) is 0 Å². The predicted octanol–water partition coefficient (Wildman–Crippen LogP) is 2.49. The normalized spacial score (nSPS) is 33.9. The van der Waals surface area contributed by atoms with Crippen LogP contribution in [0.1, 0.15) is 46.5 Å². The van der Waals surface area contributed by atoms with E-state index in [-0.39, 0.29) is 0 Å². The number of piperidine rings is 1. The molecule has 1 aliphatic heterocycles. The molecule has 3 atom stereocenters. The molecule has 1 saturated heterocycles. The standard InChI is InChI=1S/C14H28N2/c1-11-4-5-13(3)16(9-11)10-12(2)8-15-14-6-7-14/h11-15H,4-10H2,1-3H3. The van der Waals surface area contributed by atoms with Crippen LogP contribution < -0.4 is 5.32 Å². The lowest BCUT2D eigenvalue weighted by Gasteiger charge is -2.38. The van der Waals surface area contributed by atoms with Gasteiger partial charge in [-0.1, -0.05) is 13.8 Å². The molecule has 0 amide bonds. The highest BCUT2D eigenvalue weighted by molar-refractivity contribution is 4.83. The Labute approximate surface area is 101 Å². The molecule has 2 fully saturated rings. The summed E-state index contributed by atoms with van der Waals surface area (Å²) in [6, 6.07) is 1.67. The first-order valence-electron chi connectivity index (χ1n) is 7.12. The van der Waals surface area contributed by atoms with E-state index in [1.807, 2.05) is 0 Å². The minimum absolute atomic E-state index is 0.799. The molecule has 1 saturated carbocycles. The second-order valence-electron chi connectivity index (χ2n) is 6.27. The predicted molar refractivity (Wildman–Crippen MR) is 69.6 cm³/mol. The molecule has 0 aromatic rings. The van der Waals surface area contributed by atoms with E-state index < -0.39 is 0 Å². The van der Waals surface area contributed by atoms with Crippen molar-refractivity contribution in [1.82, 2.24) is 10.2 Å². The zero-order chi connectivity index (χ0) is 11.5. The second kappa shape index (κ2) is 5.50. The summed E-state index contributed by atoms with van der Waals surface area (Å²) in [7, 11) is 0. The van der Waals surface area contributed by atoms with Crippen LogP contribution in [0.25, 0.3) is 0 Å². The lowest BCUT2D eigenvalue weighted by Crippen LogP contribution is -2.44. The van der Waals surface area contributed by atoms with Crippen LogP contribution in [0.4, 0.5) is 0 Å². The third-order valence-electron chi connectivity index (χ3n) is 4.13. The molecular weight excluding hydrogens is 196 g/mol. The van der Waals surface area contributed by atoms with E-state index in [2.05, 4.69) is 31.0 Å². The molecular formula is C14H28N2. The van der Waals surface area contributed by atoms with Crippen LogP contribution in [-0.4, -0.2) is 36.6 Å². The van der Waals surface area contributed by atoms with E-state index in [1.54, 1.807) is 0 Å². The van der Waals surface area contributed by atoms with Crippen molar-refractivity contribution in [3.63, 3.8) is 0 Å². The Balaban J connectivity index is 1.68. The molecule has 2 nitrogen and oxygen atoms in total. The van der Waals surface area contributed by atoms with Gasteiger partial charge in [0.2, 0.25) is 0 Å². The quantitative estimate of drug-likeness (QED) is 0.772. The molecule has 0 aromatic carbocycles. The fourth-order valence-corrected chi connectivity index (χ4v) is 2.75.